The smallest absolute Gasteiger partial charge is 0.322 e. The molecule has 1 aliphatic heterocycles. The van der Waals surface area contributed by atoms with Gasteiger partial charge in [-0.1, -0.05) is 37.5 Å². The molecule has 1 aromatic rings. The van der Waals surface area contributed by atoms with Crippen LogP contribution >= 0.6 is 0 Å². The van der Waals surface area contributed by atoms with Crippen LogP contribution in [-0.4, -0.2) is 41.4 Å². The molecule has 8 heteroatoms. The first-order chi connectivity index (χ1) is 14.2. The van der Waals surface area contributed by atoms with Crippen LogP contribution < -0.4 is 20.9 Å². The van der Waals surface area contributed by atoms with Crippen molar-refractivity contribution in [3.05, 3.63) is 29.8 Å². The number of hydrogen-bond acceptors (Lipinski definition) is 4. The van der Waals surface area contributed by atoms with Crippen LogP contribution in [0.1, 0.15) is 57.9 Å². The van der Waals surface area contributed by atoms with Gasteiger partial charge in [-0.05, 0) is 45.2 Å². The Labute approximate surface area is 176 Å². The van der Waals surface area contributed by atoms with Gasteiger partial charge >= 0.3 is 6.03 Å². The summed E-state index contributed by atoms with van der Waals surface area (Å²) in [5, 5.41) is 7.72. The Kier molecular flexibility index (Phi) is 6.43. The number of aryl methyl sites for hydroxylation is 1. The van der Waals surface area contributed by atoms with Crippen LogP contribution in [0.5, 0.6) is 0 Å². The minimum absolute atomic E-state index is 0.123. The van der Waals surface area contributed by atoms with Gasteiger partial charge in [-0.2, -0.15) is 0 Å². The predicted octanol–water partition coefficient (Wildman–Crippen LogP) is 2.15. The molecule has 0 bridgehead atoms. The number of amides is 5. The number of urea groups is 1. The molecule has 3 rings (SSSR count). The molecule has 0 spiro atoms. The highest BCUT2D eigenvalue weighted by molar-refractivity contribution is 6.09. The lowest BCUT2D eigenvalue weighted by Gasteiger charge is -2.40. The minimum atomic E-state index is -1.13. The zero-order valence-electron chi connectivity index (χ0n) is 17.8. The molecule has 1 aromatic carbocycles. The first kappa shape index (κ1) is 21.8. The van der Waals surface area contributed by atoms with Crippen LogP contribution in [0.25, 0.3) is 0 Å². The summed E-state index contributed by atoms with van der Waals surface area (Å²) in [6, 6.07) is 5.93. The number of nitrogens with one attached hydrogen (secondary N) is 3. The molecular formula is C22H30N4O4. The van der Waals surface area contributed by atoms with E-state index in [0.29, 0.717) is 12.1 Å². The van der Waals surface area contributed by atoms with Crippen molar-refractivity contribution in [1.82, 2.24) is 16.0 Å². The number of carbonyl (C=O) groups is 4. The third-order valence-corrected chi connectivity index (χ3v) is 6.14. The van der Waals surface area contributed by atoms with Gasteiger partial charge in [0, 0.05) is 11.7 Å². The molecule has 8 nitrogen and oxygen atoms in total. The summed E-state index contributed by atoms with van der Waals surface area (Å²) >= 11 is 0. The van der Waals surface area contributed by atoms with E-state index in [9.17, 15) is 19.2 Å². The van der Waals surface area contributed by atoms with E-state index in [2.05, 4.69) is 16.0 Å². The molecule has 0 unspecified atom stereocenters. The lowest BCUT2D eigenvalue weighted by atomic mass is 9.92. The monoisotopic (exact) mass is 414 g/mol. The standard InChI is InChI=1S/C22H30N4O4/c1-4-22(3,20(29)23-15-7-5-6-8-15)26(16-11-9-14(2)10-12-16)18(27)13-17-19(28)25-21(30)24-17/h9-12,15,17H,4-8,13H2,1-3H3,(H,23,29)(H2,24,25,28,30)/t17-,22+/m1/s1. The molecule has 3 N–H and O–H groups in total. The van der Waals surface area contributed by atoms with E-state index in [0.717, 1.165) is 31.2 Å². The van der Waals surface area contributed by atoms with Gasteiger partial charge in [0.15, 0.2) is 0 Å². The van der Waals surface area contributed by atoms with Crippen molar-refractivity contribution in [2.75, 3.05) is 4.90 Å². The van der Waals surface area contributed by atoms with Crippen molar-refractivity contribution >= 4 is 29.4 Å². The summed E-state index contributed by atoms with van der Waals surface area (Å²) in [6.45, 7) is 5.56. The van der Waals surface area contributed by atoms with Gasteiger partial charge in [-0.3, -0.25) is 24.6 Å². The number of imide groups is 1. The fourth-order valence-electron chi connectivity index (χ4n) is 4.10. The zero-order valence-corrected chi connectivity index (χ0v) is 17.8. The number of benzene rings is 1. The van der Waals surface area contributed by atoms with Gasteiger partial charge < -0.3 is 10.6 Å². The predicted molar refractivity (Wildman–Crippen MR) is 113 cm³/mol. The minimum Gasteiger partial charge on any atom is -0.351 e. The van der Waals surface area contributed by atoms with E-state index >= 15 is 0 Å². The Morgan fingerprint density at radius 2 is 1.80 bits per heavy atom. The summed E-state index contributed by atoms with van der Waals surface area (Å²) in [4.78, 5) is 51.6. The molecular weight excluding hydrogens is 384 g/mol. The zero-order chi connectivity index (χ0) is 21.9. The van der Waals surface area contributed by atoms with E-state index in [1.54, 1.807) is 19.1 Å². The fourth-order valence-corrected chi connectivity index (χ4v) is 4.10. The Morgan fingerprint density at radius 1 is 1.17 bits per heavy atom. The highest BCUT2D eigenvalue weighted by Crippen LogP contribution is 2.30. The highest BCUT2D eigenvalue weighted by Gasteiger charge is 2.44. The Balaban J connectivity index is 1.91. The van der Waals surface area contributed by atoms with Crippen molar-refractivity contribution in [1.29, 1.82) is 0 Å². The molecule has 1 aliphatic carbocycles. The topological polar surface area (TPSA) is 108 Å². The molecule has 0 aromatic heterocycles. The molecule has 0 radical (unpaired) electrons. The van der Waals surface area contributed by atoms with E-state index < -0.39 is 29.4 Å². The Bertz CT molecular complexity index is 832. The summed E-state index contributed by atoms with van der Waals surface area (Å²) in [5.41, 5.74) is 0.483. The van der Waals surface area contributed by atoms with Crippen LogP contribution in [0.4, 0.5) is 10.5 Å². The van der Waals surface area contributed by atoms with Crippen LogP contribution in [0.15, 0.2) is 24.3 Å². The molecule has 1 heterocycles. The molecule has 1 saturated heterocycles. The van der Waals surface area contributed by atoms with Crippen LogP contribution in [0, 0.1) is 6.92 Å². The van der Waals surface area contributed by atoms with Crippen molar-refractivity contribution in [2.24, 2.45) is 0 Å². The summed E-state index contributed by atoms with van der Waals surface area (Å²) in [6.07, 6.45) is 4.23. The van der Waals surface area contributed by atoms with E-state index in [1.807, 2.05) is 26.0 Å². The molecule has 2 aliphatic rings. The van der Waals surface area contributed by atoms with Gasteiger partial charge in [0.1, 0.15) is 11.6 Å². The number of carbonyl (C=O) groups excluding carboxylic acids is 4. The maximum absolute atomic E-state index is 13.4. The molecule has 2 atom stereocenters. The van der Waals surface area contributed by atoms with Crippen molar-refractivity contribution < 1.29 is 19.2 Å². The third kappa shape index (κ3) is 4.47. The second-order valence-electron chi connectivity index (χ2n) is 8.37. The normalized spacial score (nSPS) is 21.0. The van der Waals surface area contributed by atoms with Crippen molar-refractivity contribution in [3.8, 4) is 0 Å². The lowest BCUT2D eigenvalue weighted by Crippen LogP contribution is -2.61. The average Bonchev–Trinajstić information content (AvgIpc) is 3.32. The first-order valence-corrected chi connectivity index (χ1v) is 10.6. The van der Waals surface area contributed by atoms with Crippen molar-refractivity contribution in [2.45, 2.75) is 76.9 Å². The fraction of sp³-hybridized carbons (Fsp3) is 0.545. The average molecular weight is 415 g/mol. The third-order valence-electron chi connectivity index (χ3n) is 6.14. The first-order valence-electron chi connectivity index (χ1n) is 10.6. The largest absolute Gasteiger partial charge is 0.351 e. The second-order valence-corrected chi connectivity index (χ2v) is 8.37. The van der Waals surface area contributed by atoms with Gasteiger partial charge in [0.05, 0.1) is 6.42 Å². The molecule has 1 saturated carbocycles. The SMILES string of the molecule is CC[C@@](C)(C(=O)NC1CCCC1)N(C(=O)C[C@H]1NC(=O)NC1=O)c1ccc(C)cc1. The van der Waals surface area contributed by atoms with Gasteiger partial charge in [0.2, 0.25) is 11.8 Å². The summed E-state index contributed by atoms with van der Waals surface area (Å²) in [5.74, 6) is -1.14. The van der Waals surface area contributed by atoms with Crippen molar-refractivity contribution in [3.63, 3.8) is 0 Å². The summed E-state index contributed by atoms with van der Waals surface area (Å²) < 4.78 is 0. The number of anilines is 1. The van der Waals surface area contributed by atoms with E-state index in [4.69, 9.17) is 0 Å². The number of hydrogen-bond donors (Lipinski definition) is 3. The maximum Gasteiger partial charge on any atom is 0.322 e. The van der Waals surface area contributed by atoms with Crippen LogP contribution in [0.2, 0.25) is 0 Å². The van der Waals surface area contributed by atoms with E-state index in [1.165, 1.54) is 4.90 Å². The summed E-state index contributed by atoms with van der Waals surface area (Å²) in [7, 11) is 0. The van der Waals surface area contributed by atoms with Crippen LogP contribution in [0.3, 0.4) is 0 Å². The number of rotatable bonds is 7. The van der Waals surface area contributed by atoms with Crippen LogP contribution in [-0.2, 0) is 14.4 Å². The quantitative estimate of drug-likeness (QED) is 0.594. The molecule has 30 heavy (non-hydrogen) atoms. The molecule has 2 fully saturated rings. The second kappa shape index (κ2) is 8.85. The Morgan fingerprint density at radius 3 is 2.33 bits per heavy atom. The highest BCUT2D eigenvalue weighted by atomic mass is 16.2. The van der Waals surface area contributed by atoms with E-state index in [-0.39, 0.29) is 18.4 Å². The molecule has 5 amide bonds. The van der Waals surface area contributed by atoms with Gasteiger partial charge in [-0.25, -0.2) is 4.79 Å². The lowest BCUT2D eigenvalue weighted by molar-refractivity contribution is -0.131. The van der Waals surface area contributed by atoms with Gasteiger partial charge in [0.25, 0.3) is 5.91 Å². The Hall–Kier alpha value is -2.90. The maximum atomic E-state index is 13.4. The number of nitrogens with zero attached hydrogens (tertiary/aromatic N) is 1. The van der Waals surface area contributed by atoms with Gasteiger partial charge in [-0.15, -0.1) is 0 Å². The molecule has 162 valence electrons.